The first-order valence-corrected chi connectivity index (χ1v) is 9.63. The number of hydrogen-bond donors (Lipinski definition) is 0. The number of rotatable bonds is 3. The third-order valence-corrected chi connectivity index (χ3v) is 8.92. The summed E-state index contributed by atoms with van der Waals surface area (Å²) in [5, 5.41) is 0. The summed E-state index contributed by atoms with van der Waals surface area (Å²) >= 11 is -1.63. The Morgan fingerprint density at radius 2 is 0.650 bits per heavy atom. The van der Waals surface area contributed by atoms with Crippen LogP contribution >= 0.6 is 0 Å². The average Bonchev–Trinajstić information content (AvgIpc) is 2.51. The minimum absolute atomic E-state index is 0. The molecule has 3 aromatic carbocycles. The quantitative estimate of drug-likeness (QED) is 0.377. The van der Waals surface area contributed by atoms with Gasteiger partial charge in [0.2, 0.25) is 0 Å². The predicted octanol–water partition coefficient (Wildman–Crippen LogP) is -0.793. The molecule has 2 heteroatoms. The molecule has 0 unspecified atom stereocenters. The SMILES string of the molecule is [I-].c1cc[c]([Ge+]([c]2ccccc2)[c]2ccccc2)cc1. The summed E-state index contributed by atoms with van der Waals surface area (Å²) in [6.07, 6.45) is 0. The summed E-state index contributed by atoms with van der Waals surface area (Å²) in [5.41, 5.74) is 0. The molecule has 0 saturated heterocycles. The molecule has 98 valence electrons. The van der Waals surface area contributed by atoms with E-state index in [1.807, 2.05) is 0 Å². The normalized spacial score (nSPS) is 9.60. The van der Waals surface area contributed by atoms with Crippen molar-refractivity contribution in [2.75, 3.05) is 0 Å². The van der Waals surface area contributed by atoms with E-state index in [1.165, 1.54) is 13.2 Å². The standard InChI is InChI=1S/C18H15Ge.HI/c1-4-10-16(11-5-1)19(17-12-6-2-7-13-17)18-14-8-3-9-15-18;/h1-15H;1H/q+1;/p-1. The van der Waals surface area contributed by atoms with Crippen molar-refractivity contribution in [3.63, 3.8) is 0 Å². The van der Waals surface area contributed by atoms with Gasteiger partial charge in [-0.3, -0.25) is 0 Å². The Morgan fingerprint density at radius 3 is 0.900 bits per heavy atom. The molecular weight excluding hydrogens is 416 g/mol. The maximum atomic E-state index is 2.27. The molecule has 20 heavy (non-hydrogen) atoms. The van der Waals surface area contributed by atoms with E-state index in [0.717, 1.165) is 0 Å². The van der Waals surface area contributed by atoms with Gasteiger partial charge in [0.05, 0.1) is 0 Å². The van der Waals surface area contributed by atoms with Gasteiger partial charge in [-0.1, -0.05) is 0 Å². The zero-order valence-corrected chi connectivity index (χ0v) is 15.3. The van der Waals surface area contributed by atoms with Gasteiger partial charge in [-0.2, -0.15) is 0 Å². The molecule has 0 nitrogen and oxygen atoms in total. The molecule has 0 radical (unpaired) electrons. The number of benzene rings is 3. The Hall–Kier alpha value is -1.07. The van der Waals surface area contributed by atoms with E-state index >= 15 is 0 Å². The third-order valence-electron chi connectivity index (χ3n) is 3.19. The molecule has 0 fully saturated rings. The van der Waals surface area contributed by atoms with Gasteiger partial charge < -0.3 is 24.0 Å². The van der Waals surface area contributed by atoms with Crippen LogP contribution in [0.5, 0.6) is 0 Å². The van der Waals surface area contributed by atoms with E-state index in [4.69, 9.17) is 0 Å². The summed E-state index contributed by atoms with van der Waals surface area (Å²) in [7, 11) is 0. The number of hydrogen-bond acceptors (Lipinski definition) is 0. The summed E-state index contributed by atoms with van der Waals surface area (Å²) in [5.74, 6) is 0. The molecule has 0 heterocycles. The van der Waals surface area contributed by atoms with E-state index in [-0.39, 0.29) is 24.0 Å². The van der Waals surface area contributed by atoms with Crippen molar-refractivity contribution in [2.24, 2.45) is 0 Å². The molecular formula is C18H15GeI. The molecule has 0 bridgehead atoms. The van der Waals surface area contributed by atoms with E-state index in [0.29, 0.717) is 0 Å². The monoisotopic (exact) mass is 432 g/mol. The summed E-state index contributed by atoms with van der Waals surface area (Å²) in [4.78, 5) is 0. The van der Waals surface area contributed by atoms with Crippen LogP contribution in [0, 0.1) is 0 Å². The van der Waals surface area contributed by atoms with Gasteiger partial charge in [-0.05, 0) is 0 Å². The zero-order chi connectivity index (χ0) is 12.9. The van der Waals surface area contributed by atoms with Crippen LogP contribution in [0.15, 0.2) is 91.0 Å². The summed E-state index contributed by atoms with van der Waals surface area (Å²) in [6, 6.07) is 32.8. The topological polar surface area (TPSA) is 0 Å². The minimum atomic E-state index is -1.63. The van der Waals surface area contributed by atoms with E-state index < -0.39 is 14.3 Å². The van der Waals surface area contributed by atoms with Gasteiger partial charge in [0.25, 0.3) is 0 Å². The van der Waals surface area contributed by atoms with Crippen LogP contribution in [0.4, 0.5) is 0 Å². The third kappa shape index (κ3) is 3.52. The van der Waals surface area contributed by atoms with Crippen molar-refractivity contribution < 1.29 is 24.0 Å². The Morgan fingerprint density at radius 1 is 0.400 bits per heavy atom. The van der Waals surface area contributed by atoms with Crippen LogP contribution in [0.25, 0.3) is 0 Å². The molecule has 0 atom stereocenters. The molecule has 0 spiro atoms. The summed E-state index contributed by atoms with van der Waals surface area (Å²) < 4.78 is 4.50. The van der Waals surface area contributed by atoms with E-state index in [2.05, 4.69) is 91.0 Å². The van der Waals surface area contributed by atoms with E-state index in [1.54, 1.807) is 0 Å². The number of halogens is 1. The molecule has 0 N–H and O–H groups in total. The zero-order valence-electron chi connectivity index (χ0n) is 11.0. The first kappa shape index (κ1) is 15.3. The second-order valence-corrected chi connectivity index (χ2v) is 9.68. The molecule has 0 amide bonds. The summed E-state index contributed by atoms with van der Waals surface area (Å²) in [6.45, 7) is 0. The first-order valence-electron chi connectivity index (χ1n) is 6.48. The van der Waals surface area contributed by atoms with Crippen LogP contribution in [0.1, 0.15) is 0 Å². The van der Waals surface area contributed by atoms with Crippen molar-refractivity contribution in [3.8, 4) is 0 Å². The van der Waals surface area contributed by atoms with Crippen LogP contribution in [-0.2, 0) is 0 Å². The van der Waals surface area contributed by atoms with Crippen molar-refractivity contribution in [2.45, 2.75) is 0 Å². The Balaban J connectivity index is 0.00000147. The second-order valence-electron chi connectivity index (χ2n) is 4.47. The Labute approximate surface area is 142 Å². The molecule has 0 aliphatic heterocycles. The predicted molar refractivity (Wildman–Crippen MR) is 84.0 cm³/mol. The Bertz CT molecular complexity index is 529. The average molecular weight is 431 g/mol. The van der Waals surface area contributed by atoms with Crippen molar-refractivity contribution in [1.82, 2.24) is 0 Å². The molecule has 0 aliphatic carbocycles. The van der Waals surface area contributed by atoms with Gasteiger partial charge in [0.15, 0.2) is 0 Å². The molecule has 3 aromatic rings. The van der Waals surface area contributed by atoms with Crippen LogP contribution < -0.4 is 37.2 Å². The van der Waals surface area contributed by atoms with Gasteiger partial charge in [-0.25, -0.2) is 0 Å². The molecule has 0 aliphatic rings. The first-order chi connectivity index (χ1) is 9.45. The fourth-order valence-electron chi connectivity index (χ4n) is 2.31. The fraction of sp³-hybridized carbons (Fsp3) is 0. The van der Waals surface area contributed by atoms with Crippen LogP contribution in [0.3, 0.4) is 0 Å². The van der Waals surface area contributed by atoms with Crippen LogP contribution in [0.2, 0.25) is 0 Å². The van der Waals surface area contributed by atoms with Gasteiger partial charge >= 0.3 is 119 Å². The Kier molecular flexibility index (Phi) is 5.86. The molecule has 0 aromatic heterocycles. The van der Waals surface area contributed by atoms with Crippen LogP contribution in [-0.4, -0.2) is 14.3 Å². The van der Waals surface area contributed by atoms with Crippen molar-refractivity contribution >= 4 is 27.5 Å². The van der Waals surface area contributed by atoms with Crippen molar-refractivity contribution in [1.29, 1.82) is 0 Å². The van der Waals surface area contributed by atoms with Gasteiger partial charge in [-0.15, -0.1) is 0 Å². The molecule has 3 rings (SSSR count). The fourth-order valence-corrected chi connectivity index (χ4v) is 7.72. The molecule has 0 saturated carbocycles. The second kappa shape index (κ2) is 7.65. The van der Waals surface area contributed by atoms with Gasteiger partial charge in [0, 0.05) is 0 Å². The van der Waals surface area contributed by atoms with Gasteiger partial charge in [0.1, 0.15) is 0 Å². The van der Waals surface area contributed by atoms with Crippen molar-refractivity contribution in [3.05, 3.63) is 91.0 Å². The van der Waals surface area contributed by atoms with E-state index in [9.17, 15) is 0 Å². The maximum absolute atomic E-state index is 2.27.